The SMILES string of the molecule is N=C(N)c1cc(Br)ccc1Oc1ccc(CCO)cc1. The van der Waals surface area contributed by atoms with E-state index in [2.05, 4.69) is 15.9 Å². The molecule has 0 saturated heterocycles. The van der Waals surface area contributed by atoms with Crippen molar-refractivity contribution in [2.75, 3.05) is 6.61 Å². The topological polar surface area (TPSA) is 79.3 Å². The van der Waals surface area contributed by atoms with Crippen LogP contribution < -0.4 is 10.5 Å². The zero-order valence-electron chi connectivity index (χ0n) is 10.8. The predicted molar refractivity (Wildman–Crippen MR) is 82.5 cm³/mol. The van der Waals surface area contributed by atoms with E-state index in [4.69, 9.17) is 21.0 Å². The summed E-state index contributed by atoms with van der Waals surface area (Å²) < 4.78 is 6.60. The van der Waals surface area contributed by atoms with Crippen LogP contribution in [-0.4, -0.2) is 17.5 Å². The molecule has 0 saturated carbocycles. The average molecular weight is 335 g/mol. The van der Waals surface area contributed by atoms with Gasteiger partial charge in [-0.3, -0.25) is 5.41 Å². The van der Waals surface area contributed by atoms with Crippen LogP contribution >= 0.6 is 15.9 Å². The minimum Gasteiger partial charge on any atom is -0.457 e. The Morgan fingerprint density at radius 1 is 1.20 bits per heavy atom. The third kappa shape index (κ3) is 3.59. The van der Waals surface area contributed by atoms with Gasteiger partial charge in [0.05, 0.1) is 5.56 Å². The first-order chi connectivity index (χ1) is 9.60. The smallest absolute Gasteiger partial charge is 0.138 e. The molecule has 0 aliphatic carbocycles. The van der Waals surface area contributed by atoms with Crippen molar-refractivity contribution >= 4 is 21.8 Å². The standard InChI is InChI=1S/C15H15BrN2O2/c16-11-3-6-14(13(9-11)15(17)18)20-12-4-1-10(2-5-12)7-8-19/h1-6,9,19H,7-8H2,(H3,17,18). The fourth-order valence-electron chi connectivity index (χ4n) is 1.78. The minimum absolute atomic E-state index is 0.0433. The molecule has 4 nitrogen and oxygen atoms in total. The van der Waals surface area contributed by atoms with Crippen LogP contribution in [0.5, 0.6) is 11.5 Å². The van der Waals surface area contributed by atoms with Gasteiger partial charge in [-0.1, -0.05) is 28.1 Å². The van der Waals surface area contributed by atoms with Crippen LogP contribution in [0.15, 0.2) is 46.9 Å². The van der Waals surface area contributed by atoms with Gasteiger partial charge >= 0.3 is 0 Å². The Balaban J connectivity index is 2.23. The number of hydrogen-bond acceptors (Lipinski definition) is 3. The molecule has 0 atom stereocenters. The minimum atomic E-state index is -0.0433. The van der Waals surface area contributed by atoms with Crippen molar-refractivity contribution in [3.05, 3.63) is 58.1 Å². The van der Waals surface area contributed by atoms with Gasteiger partial charge in [0, 0.05) is 11.1 Å². The maximum Gasteiger partial charge on any atom is 0.138 e. The zero-order valence-corrected chi connectivity index (χ0v) is 12.4. The van der Waals surface area contributed by atoms with Crippen LogP contribution in [0.2, 0.25) is 0 Å². The van der Waals surface area contributed by atoms with Crippen molar-refractivity contribution in [2.45, 2.75) is 6.42 Å². The molecular weight excluding hydrogens is 320 g/mol. The number of hydrogen-bond donors (Lipinski definition) is 3. The average Bonchev–Trinajstić information content (AvgIpc) is 2.43. The molecule has 0 spiro atoms. The molecular formula is C15H15BrN2O2. The highest BCUT2D eigenvalue weighted by molar-refractivity contribution is 9.10. The summed E-state index contributed by atoms with van der Waals surface area (Å²) in [6.45, 7) is 0.126. The Bertz CT molecular complexity index is 612. The second-order valence-electron chi connectivity index (χ2n) is 4.27. The molecule has 0 unspecified atom stereocenters. The number of ether oxygens (including phenoxy) is 1. The summed E-state index contributed by atoms with van der Waals surface area (Å²) in [6.07, 6.45) is 0.622. The Labute approximate surface area is 125 Å². The highest BCUT2D eigenvalue weighted by Crippen LogP contribution is 2.28. The van der Waals surface area contributed by atoms with Crippen molar-refractivity contribution in [1.29, 1.82) is 5.41 Å². The quantitative estimate of drug-likeness (QED) is 0.580. The first kappa shape index (κ1) is 14.6. The van der Waals surface area contributed by atoms with Gasteiger partial charge < -0.3 is 15.6 Å². The van der Waals surface area contributed by atoms with Crippen LogP contribution in [0, 0.1) is 5.41 Å². The van der Waals surface area contributed by atoms with Gasteiger partial charge in [0.1, 0.15) is 17.3 Å². The van der Waals surface area contributed by atoms with Gasteiger partial charge in [-0.25, -0.2) is 0 Å². The lowest BCUT2D eigenvalue weighted by Gasteiger charge is -2.11. The molecule has 0 aliphatic rings. The Kier molecular flexibility index (Phi) is 4.76. The predicted octanol–water partition coefficient (Wildman–Crippen LogP) is 3.06. The number of nitrogens with one attached hydrogen (secondary N) is 1. The lowest BCUT2D eigenvalue weighted by molar-refractivity contribution is 0.299. The summed E-state index contributed by atoms with van der Waals surface area (Å²) in [7, 11) is 0. The van der Waals surface area contributed by atoms with Gasteiger partial charge in [0.15, 0.2) is 0 Å². The molecule has 0 aliphatic heterocycles. The molecule has 0 radical (unpaired) electrons. The highest BCUT2D eigenvalue weighted by atomic mass is 79.9. The lowest BCUT2D eigenvalue weighted by atomic mass is 10.1. The lowest BCUT2D eigenvalue weighted by Crippen LogP contribution is -2.12. The van der Waals surface area contributed by atoms with E-state index < -0.39 is 0 Å². The largest absolute Gasteiger partial charge is 0.457 e. The maximum atomic E-state index is 8.87. The summed E-state index contributed by atoms with van der Waals surface area (Å²) in [5.41, 5.74) is 7.14. The summed E-state index contributed by atoms with van der Waals surface area (Å²) in [4.78, 5) is 0. The normalized spacial score (nSPS) is 10.3. The first-order valence-corrected chi connectivity index (χ1v) is 6.91. The molecule has 20 heavy (non-hydrogen) atoms. The van der Waals surface area contributed by atoms with E-state index in [1.54, 1.807) is 12.1 Å². The first-order valence-electron chi connectivity index (χ1n) is 6.12. The van der Waals surface area contributed by atoms with Crippen molar-refractivity contribution < 1.29 is 9.84 Å². The molecule has 0 bridgehead atoms. The van der Waals surface area contributed by atoms with E-state index in [1.165, 1.54) is 0 Å². The third-order valence-electron chi connectivity index (χ3n) is 2.78. The van der Waals surface area contributed by atoms with Gasteiger partial charge in [-0.15, -0.1) is 0 Å². The van der Waals surface area contributed by atoms with Gasteiger partial charge in [0.25, 0.3) is 0 Å². The number of benzene rings is 2. The number of nitrogens with two attached hydrogens (primary N) is 1. The molecule has 0 fully saturated rings. The van der Waals surface area contributed by atoms with E-state index in [1.807, 2.05) is 30.3 Å². The number of nitrogen functional groups attached to an aromatic ring is 1. The molecule has 104 valence electrons. The van der Waals surface area contributed by atoms with E-state index >= 15 is 0 Å². The Morgan fingerprint density at radius 2 is 1.90 bits per heavy atom. The van der Waals surface area contributed by atoms with E-state index in [0.29, 0.717) is 23.5 Å². The number of halogens is 1. The third-order valence-corrected chi connectivity index (χ3v) is 3.28. The second-order valence-corrected chi connectivity index (χ2v) is 5.19. The summed E-state index contributed by atoms with van der Waals surface area (Å²) >= 11 is 3.35. The van der Waals surface area contributed by atoms with Gasteiger partial charge in [-0.2, -0.15) is 0 Å². The van der Waals surface area contributed by atoms with Crippen LogP contribution in [0.4, 0.5) is 0 Å². The van der Waals surface area contributed by atoms with Crippen molar-refractivity contribution in [3.8, 4) is 11.5 Å². The Morgan fingerprint density at radius 3 is 2.50 bits per heavy atom. The fourth-order valence-corrected chi connectivity index (χ4v) is 2.14. The molecule has 2 aromatic rings. The molecule has 0 amide bonds. The molecule has 2 aromatic carbocycles. The monoisotopic (exact) mass is 334 g/mol. The van der Waals surface area contributed by atoms with E-state index in [9.17, 15) is 0 Å². The number of aliphatic hydroxyl groups excluding tert-OH is 1. The van der Waals surface area contributed by atoms with Crippen LogP contribution in [-0.2, 0) is 6.42 Å². The highest BCUT2D eigenvalue weighted by Gasteiger charge is 2.08. The molecule has 5 heteroatoms. The number of amidine groups is 1. The van der Waals surface area contributed by atoms with E-state index in [-0.39, 0.29) is 12.4 Å². The molecule has 0 heterocycles. The van der Waals surface area contributed by atoms with Crippen LogP contribution in [0.3, 0.4) is 0 Å². The van der Waals surface area contributed by atoms with Gasteiger partial charge in [0.2, 0.25) is 0 Å². The summed E-state index contributed by atoms with van der Waals surface area (Å²) in [6, 6.07) is 12.8. The van der Waals surface area contributed by atoms with Crippen molar-refractivity contribution in [1.82, 2.24) is 0 Å². The van der Waals surface area contributed by atoms with Crippen molar-refractivity contribution in [3.63, 3.8) is 0 Å². The molecule has 2 rings (SSSR count). The van der Waals surface area contributed by atoms with Crippen molar-refractivity contribution in [2.24, 2.45) is 5.73 Å². The van der Waals surface area contributed by atoms with Crippen LogP contribution in [0.1, 0.15) is 11.1 Å². The number of aliphatic hydroxyl groups is 1. The van der Waals surface area contributed by atoms with E-state index in [0.717, 1.165) is 10.0 Å². The Hall–Kier alpha value is -1.85. The fraction of sp³-hybridized carbons (Fsp3) is 0.133. The number of rotatable bonds is 5. The second kappa shape index (κ2) is 6.54. The van der Waals surface area contributed by atoms with Crippen LogP contribution in [0.25, 0.3) is 0 Å². The summed E-state index contributed by atoms with van der Waals surface area (Å²) in [5, 5.41) is 16.5. The molecule has 0 aromatic heterocycles. The summed E-state index contributed by atoms with van der Waals surface area (Å²) in [5.74, 6) is 1.16. The molecule has 4 N–H and O–H groups in total. The van der Waals surface area contributed by atoms with Gasteiger partial charge in [-0.05, 0) is 42.3 Å². The maximum absolute atomic E-state index is 8.87. The zero-order chi connectivity index (χ0) is 14.5.